The lowest BCUT2D eigenvalue weighted by Gasteiger charge is -2.23. The van der Waals surface area contributed by atoms with Crippen LogP contribution in [-0.4, -0.2) is 51.0 Å². The molecule has 0 fully saturated rings. The molecule has 0 aliphatic rings. The molecule has 0 aliphatic heterocycles. The summed E-state index contributed by atoms with van der Waals surface area (Å²) in [7, 11) is 0. The Morgan fingerprint density at radius 2 is 1.23 bits per heavy atom. The van der Waals surface area contributed by atoms with Gasteiger partial charge in [0.05, 0.1) is 28.3 Å². The zero-order valence-electron chi connectivity index (χ0n) is 24.6. The third-order valence-electron chi connectivity index (χ3n) is 6.85. The summed E-state index contributed by atoms with van der Waals surface area (Å²) in [6.45, 7) is 6.72. The van der Waals surface area contributed by atoms with Crippen LogP contribution in [0.25, 0.3) is 0 Å². The van der Waals surface area contributed by atoms with Gasteiger partial charge in [-0.3, -0.25) is 14.9 Å². The molecule has 0 saturated heterocycles. The Morgan fingerprint density at radius 3 is 1.77 bits per heavy atom. The van der Waals surface area contributed by atoms with E-state index in [1.54, 1.807) is 24.5 Å². The summed E-state index contributed by atoms with van der Waals surface area (Å²) >= 11 is 5.88. The van der Waals surface area contributed by atoms with E-state index >= 15 is 0 Å². The van der Waals surface area contributed by atoms with Crippen molar-refractivity contribution in [1.29, 1.82) is 0 Å². The van der Waals surface area contributed by atoms with Crippen molar-refractivity contribution in [3.63, 3.8) is 0 Å². The highest BCUT2D eigenvalue weighted by Gasteiger charge is 2.08. The Hall–Kier alpha value is -4.41. The van der Waals surface area contributed by atoms with Crippen LogP contribution in [0, 0.1) is 0 Å². The molecule has 0 amide bonds. The molecule has 5 aromatic rings. The van der Waals surface area contributed by atoms with E-state index in [9.17, 15) is 0 Å². The van der Waals surface area contributed by atoms with Crippen LogP contribution in [0.3, 0.4) is 0 Å². The number of ether oxygens (including phenoxy) is 1. The number of nitrogens with zero attached hydrogens (tertiary/aromatic N) is 5. The fraction of sp³-hybridized carbons (Fsp3) is 0.235. The van der Waals surface area contributed by atoms with Gasteiger partial charge in [-0.15, -0.1) is 0 Å². The maximum atomic E-state index is 5.88. The standard InChI is InChI=1S/C34H37ClN8O/c35-29-11-13-33(41-22-29)44-34-14-12-32(25-42-34)40-21-27-7-9-28(10-8-27)26-43(19-17-36-23-30-5-1-3-15-38-30)20-18-37-24-31-6-2-4-16-39-31/h1-16,22,25,36-37,40H,17-21,23-24,26H2. The van der Waals surface area contributed by atoms with Crippen molar-refractivity contribution in [1.82, 2.24) is 35.5 Å². The summed E-state index contributed by atoms with van der Waals surface area (Å²) in [6, 6.07) is 28.0. The predicted molar refractivity (Wildman–Crippen MR) is 174 cm³/mol. The molecular weight excluding hydrogens is 572 g/mol. The van der Waals surface area contributed by atoms with Gasteiger partial charge in [0.25, 0.3) is 0 Å². The normalized spacial score (nSPS) is 11.0. The highest BCUT2D eigenvalue weighted by molar-refractivity contribution is 6.30. The fourth-order valence-electron chi connectivity index (χ4n) is 4.48. The second kappa shape index (κ2) is 17.0. The van der Waals surface area contributed by atoms with Gasteiger partial charge in [0.1, 0.15) is 0 Å². The molecule has 4 heterocycles. The second-order valence-corrected chi connectivity index (χ2v) is 10.7. The minimum absolute atomic E-state index is 0.447. The summed E-state index contributed by atoms with van der Waals surface area (Å²) in [5.74, 6) is 0.918. The highest BCUT2D eigenvalue weighted by atomic mass is 35.5. The molecule has 0 radical (unpaired) electrons. The van der Waals surface area contributed by atoms with Crippen molar-refractivity contribution >= 4 is 17.3 Å². The lowest BCUT2D eigenvalue weighted by molar-refractivity contribution is 0.263. The Bertz CT molecular complexity index is 1460. The molecule has 9 nitrogen and oxygen atoms in total. The first-order valence-corrected chi connectivity index (χ1v) is 15.1. The van der Waals surface area contributed by atoms with Gasteiger partial charge in [0.15, 0.2) is 0 Å². The van der Waals surface area contributed by atoms with Crippen LogP contribution in [0.2, 0.25) is 5.02 Å². The lowest BCUT2D eigenvalue weighted by Crippen LogP contribution is -2.36. The molecule has 5 rings (SSSR count). The molecule has 10 heteroatoms. The summed E-state index contributed by atoms with van der Waals surface area (Å²) in [4.78, 5) is 19.8. The Morgan fingerprint density at radius 1 is 0.614 bits per heavy atom. The van der Waals surface area contributed by atoms with Crippen LogP contribution in [0.4, 0.5) is 5.69 Å². The van der Waals surface area contributed by atoms with Gasteiger partial charge in [-0.2, -0.15) is 0 Å². The first-order valence-electron chi connectivity index (χ1n) is 14.7. The molecule has 0 spiro atoms. The molecule has 0 unspecified atom stereocenters. The SMILES string of the molecule is Clc1ccc(Oc2ccc(NCc3ccc(CN(CCNCc4ccccn4)CCNCc4ccccn4)cc3)cn2)nc1. The van der Waals surface area contributed by atoms with Crippen molar-refractivity contribution in [2.24, 2.45) is 0 Å². The number of hydrogen-bond acceptors (Lipinski definition) is 9. The average Bonchev–Trinajstić information content (AvgIpc) is 3.07. The van der Waals surface area contributed by atoms with Crippen molar-refractivity contribution in [2.45, 2.75) is 26.2 Å². The van der Waals surface area contributed by atoms with E-state index in [2.05, 4.69) is 65.1 Å². The van der Waals surface area contributed by atoms with Crippen molar-refractivity contribution in [2.75, 3.05) is 31.5 Å². The monoisotopic (exact) mass is 608 g/mol. The van der Waals surface area contributed by atoms with Crippen molar-refractivity contribution < 1.29 is 4.74 Å². The van der Waals surface area contributed by atoms with Crippen molar-refractivity contribution in [3.05, 3.63) is 137 Å². The fourth-order valence-corrected chi connectivity index (χ4v) is 4.59. The lowest BCUT2D eigenvalue weighted by atomic mass is 10.1. The van der Waals surface area contributed by atoms with Gasteiger partial charge in [0, 0.05) is 83.1 Å². The van der Waals surface area contributed by atoms with E-state index in [0.29, 0.717) is 23.3 Å². The number of nitrogens with one attached hydrogen (secondary N) is 3. The van der Waals surface area contributed by atoms with Crippen LogP contribution in [0.5, 0.6) is 11.8 Å². The second-order valence-electron chi connectivity index (χ2n) is 10.2. The van der Waals surface area contributed by atoms with Crippen LogP contribution < -0.4 is 20.7 Å². The summed E-state index contributed by atoms with van der Waals surface area (Å²) in [6.07, 6.45) is 6.96. The topological polar surface area (TPSA) is 100 Å². The molecule has 0 aliphatic carbocycles. The first-order chi connectivity index (χ1) is 21.7. The van der Waals surface area contributed by atoms with Crippen LogP contribution >= 0.6 is 11.6 Å². The number of pyridine rings is 4. The average molecular weight is 609 g/mol. The molecule has 0 atom stereocenters. The minimum Gasteiger partial charge on any atom is -0.421 e. The van der Waals surface area contributed by atoms with Crippen molar-refractivity contribution in [3.8, 4) is 11.8 Å². The minimum atomic E-state index is 0.447. The van der Waals surface area contributed by atoms with E-state index < -0.39 is 0 Å². The predicted octanol–water partition coefficient (Wildman–Crippen LogP) is 5.71. The zero-order valence-corrected chi connectivity index (χ0v) is 25.3. The number of aromatic nitrogens is 4. The third kappa shape index (κ3) is 10.7. The Balaban J connectivity index is 1.08. The molecule has 3 N–H and O–H groups in total. The van der Waals surface area contributed by atoms with Gasteiger partial charge in [0.2, 0.25) is 11.8 Å². The van der Waals surface area contributed by atoms with E-state index in [1.165, 1.54) is 11.1 Å². The molecule has 1 aromatic carbocycles. The van der Waals surface area contributed by atoms with Gasteiger partial charge >= 0.3 is 0 Å². The highest BCUT2D eigenvalue weighted by Crippen LogP contribution is 2.20. The van der Waals surface area contributed by atoms with Crippen LogP contribution in [-0.2, 0) is 26.2 Å². The zero-order chi connectivity index (χ0) is 30.2. The molecule has 44 heavy (non-hydrogen) atoms. The van der Waals surface area contributed by atoms with E-state index in [1.807, 2.05) is 60.9 Å². The van der Waals surface area contributed by atoms with E-state index in [-0.39, 0.29) is 0 Å². The Labute approximate surface area is 263 Å². The molecule has 4 aromatic heterocycles. The van der Waals surface area contributed by atoms with Gasteiger partial charge < -0.3 is 20.7 Å². The van der Waals surface area contributed by atoms with E-state index in [0.717, 1.165) is 62.9 Å². The van der Waals surface area contributed by atoms with Gasteiger partial charge in [-0.1, -0.05) is 48.0 Å². The third-order valence-corrected chi connectivity index (χ3v) is 7.07. The summed E-state index contributed by atoms with van der Waals surface area (Å²) in [5, 5.41) is 11.0. The van der Waals surface area contributed by atoms with Crippen LogP contribution in [0.1, 0.15) is 22.5 Å². The number of rotatable bonds is 17. The largest absolute Gasteiger partial charge is 0.421 e. The Kier molecular flexibility index (Phi) is 12.0. The molecule has 226 valence electrons. The summed E-state index contributed by atoms with van der Waals surface area (Å²) < 4.78 is 5.67. The maximum absolute atomic E-state index is 5.88. The van der Waals surface area contributed by atoms with Gasteiger partial charge in [-0.25, -0.2) is 9.97 Å². The molecular formula is C34H37ClN8O. The van der Waals surface area contributed by atoms with Gasteiger partial charge in [-0.05, 0) is 47.5 Å². The molecule has 0 bridgehead atoms. The quantitative estimate of drug-likeness (QED) is 0.115. The van der Waals surface area contributed by atoms with E-state index in [4.69, 9.17) is 16.3 Å². The summed E-state index contributed by atoms with van der Waals surface area (Å²) in [5.41, 5.74) is 5.49. The maximum Gasteiger partial charge on any atom is 0.221 e. The number of anilines is 1. The number of benzene rings is 1. The first kappa shape index (κ1) is 31.0. The smallest absolute Gasteiger partial charge is 0.221 e. The molecule has 0 saturated carbocycles. The van der Waals surface area contributed by atoms with Crippen LogP contribution in [0.15, 0.2) is 110 Å². The number of hydrogen-bond donors (Lipinski definition) is 3. The number of halogens is 1.